The van der Waals surface area contributed by atoms with Crippen molar-refractivity contribution in [2.75, 3.05) is 9.71 Å². The maximum absolute atomic E-state index is 2.64. The molecule has 0 amide bonds. The van der Waals surface area contributed by atoms with E-state index in [4.69, 9.17) is 0 Å². The molecule has 0 unspecified atom stereocenters. The topological polar surface area (TPSA) is 6.48 Å². The van der Waals surface area contributed by atoms with E-state index in [2.05, 4.69) is 202 Å². The first-order valence-corrected chi connectivity index (χ1v) is 18.6. The zero-order valence-electron chi connectivity index (χ0n) is 30.5. The van der Waals surface area contributed by atoms with Crippen LogP contribution in [0.2, 0.25) is 0 Å². The predicted molar refractivity (Wildman–Crippen MR) is 222 cm³/mol. The Morgan fingerprint density at radius 3 is 1.83 bits per heavy atom. The first-order valence-electron chi connectivity index (χ1n) is 18.6. The molecule has 0 bridgehead atoms. The zero-order valence-corrected chi connectivity index (χ0v) is 30.5. The molecule has 3 aliphatic heterocycles. The van der Waals surface area contributed by atoms with Gasteiger partial charge in [-0.15, -0.1) is 0 Å². The van der Waals surface area contributed by atoms with Crippen LogP contribution in [0.25, 0.3) is 33.4 Å². The van der Waals surface area contributed by atoms with Crippen LogP contribution in [0.1, 0.15) is 51.3 Å². The van der Waals surface area contributed by atoms with E-state index < -0.39 is 0 Å². The summed E-state index contributed by atoms with van der Waals surface area (Å²) in [6.07, 6.45) is 0. The molecule has 0 atom stereocenters. The molecule has 0 saturated carbocycles. The van der Waals surface area contributed by atoms with Crippen LogP contribution in [0.5, 0.6) is 0 Å². The van der Waals surface area contributed by atoms with Crippen LogP contribution in [0.4, 0.5) is 28.4 Å². The molecule has 3 aliphatic rings. The van der Waals surface area contributed by atoms with Crippen molar-refractivity contribution in [3.05, 3.63) is 174 Å². The van der Waals surface area contributed by atoms with E-state index in [9.17, 15) is 0 Å². The van der Waals surface area contributed by atoms with Crippen molar-refractivity contribution in [3.8, 4) is 33.4 Å². The van der Waals surface area contributed by atoms with Gasteiger partial charge in [0.2, 0.25) is 0 Å². The molecule has 10 rings (SSSR count). The molecule has 7 aromatic carbocycles. The van der Waals surface area contributed by atoms with Crippen LogP contribution in [-0.2, 0) is 10.8 Å². The fraction of sp³-hybridized carbons (Fsp3) is 0.143. The molecule has 0 fully saturated rings. The lowest BCUT2D eigenvalue weighted by molar-refractivity contribution is 0.590. The SMILES string of the molecule is CC(C)(C)c1cc2c3c(c1)N1c4ccccc4C(C)(C)c4cccc(c41)B3N(c1ccc(-c3ccccc3)cc1)c1cc(-c3ccccc3)ccc1-2. The summed E-state index contributed by atoms with van der Waals surface area (Å²) in [5.74, 6) is 0. The largest absolute Gasteiger partial charge is 0.376 e. The van der Waals surface area contributed by atoms with Gasteiger partial charge in [-0.2, -0.15) is 0 Å². The molecule has 0 N–H and O–H groups in total. The molecule has 0 aliphatic carbocycles. The summed E-state index contributed by atoms with van der Waals surface area (Å²) in [5, 5.41) is 0. The highest BCUT2D eigenvalue weighted by Gasteiger charge is 2.49. The maximum Gasteiger partial charge on any atom is 0.333 e. The lowest BCUT2D eigenvalue weighted by Gasteiger charge is -2.50. The Hall–Kier alpha value is -5.80. The quantitative estimate of drug-likeness (QED) is 0.173. The number of hydrogen-bond donors (Lipinski definition) is 0. The van der Waals surface area contributed by atoms with E-state index in [0.717, 1.165) is 0 Å². The van der Waals surface area contributed by atoms with Crippen molar-refractivity contribution in [1.29, 1.82) is 0 Å². The molecule has 250 valence electrons. The summed E-state index contributed by atoms with van der Waals surface area (Å²) < 4.78 is 0. The highest BCUT2D eigenvalue weighted by atomic mass is 15.2. The van der Waals surface area contributed by atoms with E-state index in [1.807, 2.05) is 0 Å². The number of nitrogens with zero attached hydrogens (tertiary/aromatic N) is 2. The van der Waals surface area contributed by atoms with Gasteiger partial charge >= 0.3 is 6.85 Å². The highest BCUT2D eigenvalue weighted by Crippen LogP contribution is 2.55. The van der Waals surface area contributed by atoms with Gasteiger partial charge in [0.15, 0.2) is 0 Å². The fourth-order valence-electron chi connectivity index (χ4n) is 9.08. The van der Waals surface area contributed by atoms with Crippen molar-refractivity contribution >= 4 is 46.2 Å². The predicted octanol–water partition coefficient (Wildman–Crippen LogP) is 11.7. The molecule has 3 heteroatoms. The third-order valence-electron chi connectivity index (χ3n) is 11.8. The molecule has 0 aromatic heterocycles. The van der Waals surface area contributed by atoms with Gasteiger partial charge in [-0.05, 0) is 91.2 Å². The van der Waals surface area contributed by atoms with Gasteiger partial charge in [-0.3, -0.25) is 0 Å². The fourth-order valence-corrected chi connectivity index (χ4v) is 9.08. The normalized spacial score (nSPS) is 14.7. The van der Waals surface area contributed by atoms with Crippen LogP contribution in [0.3, 0.4) is 0 Å². The van der Waals surface area contributed by atoms with Crippen LogP contribution in [-0.4, -0.2) is 6.85 Å². The lowest BCUT2D eigenvalue weighted by atomic mass is 9.42. The van der Waals surface area contributed by atoms with Crippen molar-refractivity contribution in [2.24, 2.45) is 0 Å². The summed E-state index contributed by atoms with van der Waals surface area (Å²) in [5.41, 5.74) is 20.5. The molecule has 3 heterocycles. The van der Waals surface area contributed by atoms with E-state index in [1.54, 1.807) is 0 Å². The van der Waals surface area contributed by atoms with Crippen molar-refractivity contribution in [2.45, 2.75) is 45.4 Å². The number of anilines is 5. The van der Waals surface area contributed by atoms with Crippen LogP contribution >= 0.6 is 0 Å². The minimum absolute atomic E-state index is 0.0209. The van der Waals surface area contributed by atoms with Crippen LogP contribution in [0, 0.1) is 0 Å². The maximum atomic E-state index is 2.64. The molecule has 0 radical (unpaired) electrons. The zero-order chi connectivity index (χ0) is 35.4. The van der Waals surface area contributed by atoms with Crippen molar-refractivity contribution in [1.82, 2.24) is 0 Å². The van der Waals surface area contributed by atoms with Gasteiger partial charge in [-0.1, -0.05) is 162 Å². The Labute approximate surface area is 308 Å². The van der Waals surface area contributed by atoms with Crippen molar-refractivity contribution < 1.29 is 0 Å². The Bertz CT molecular complexity index is 2530. The summed E-state index contributed by atoms with van der Waals surface area (Å²) in [6.45, 7) is 11.8. The number of para-hydroxylation sites is 2. The molecule has 52 heavy (non-hydrogen) atoms. The molecular formula is C49H41BN2. The third-order valence-corrected chi connectivity index (χ3v) is 11.8. The first kappa shape index (κ1) is 31.0. The smallest absolute Gasteiger partial charge is 0.333 e. The first-order chi connectivity index (χ1) is 25.2. The Balaban J connectivity index is 1.31. The van der Waals surface area contributed by atoms with Gasteiger partial charge in [0.25, 0.3) is 0 Å². The third kappa shape index (κ3) is 4.45. The van der Waals surface area contributed by atoms with Crippen LogP contribution < -0.4 is 20.6 Å². The van der Waals surface area contributed by atoms with E-state index in [-0.39, 0.29) is 17.7 Å². The lowest BCUT2D eigenvalue weighted by Crippen LogP contribution is -2.62. The van der Waals surface area contributed by atoms with E-state index in [0.29, 0.717) is 0 Å². The van der Waals surface area contributed by atoms with Gasteiger partial charge in [0.05, 0.1) is 5.69 Å². The molecule has 0 spiro atoms. The second-order valence-corrected chi connectivity index (χ2v) is 16.2. The Kier molecular flexibility index (Phi) is 6.61. The number of fused-ring (bicyclic) bond motifs is 6. The van der Waals surface area contributed by atoms with Gasteiger partial charge in [0.1, 0.15) is 0 Å². The van der Waals surface area contributed by atoms with Crippen molar-refractivity contribution in [3.63, 3.8) is 0 Å². The second-order valence-electron chi connectivity index (χ2n) is 16.2. The average molecular weight is 669 g/mol. The second kappa shape index (κ2) is 11.1. The number of rotatable bonds is 3. The molecular weight excluding hydrogens is 627 g/mol. The number of benzene rings is 7. The molecule has 2 nitrogen and oxygen atoms in total. The van der Waals surface area contributed by atoms with Gasteiger partial charge < -0.3 is 9.71 Å². The summed E-state index contributed by atoms with van der Waals surface area (Å²) in [6, 6.07) is 59.0. The minimum atomic E-state index is -0.157. The average Bonchev–Trinajstić information content (AvgIpc) is 3.17. The monoisotopic (exact) mass is 668 g/mol. The molecule has 7 aromatic rings. The van der Waals surface area contributed by atoms with Gasteiger partial charge in [0, 0.05) is 33.7 Å². The summed E-state index contributed by atoms with van der Waals surface area (Å²) >= 11 is 0. The number of hydrogen-bond acceptors (Lipinski definition) is 2. The highest BCUT2D eigenvalue weighted by molar-refractivity contribution is 6.93. The van der Waals surface area contributed by atoms with Gasteiger partial charge in [-0.25, -0.2) is 0 Å². The summed E-state index contributed by atoms with van der Waals surface area (Å²) in [7, 11) is 0. The summed E-state index contributed by atoms with van der Waals surface area (Å²) in [4.78, 5) is 5.25. The Morgan fingerprint density at radius 2 is 1.12 bits per heavy atom. The standard InChI is InChI=1S/C49H41BN2/c1-48(2,3)36-30-39-38-28-25-35(33-17-10-7-11-18-33)29-44(38)52(37-26-23-34(24-27-37)32-15-8-6-9-16-32)50-42-21-14-20-41-47(42)51(45(31-36)46(39)50)43-22-13-12-19-40(43)49(41,4)5/h6-31H,1-5H3. The van der Waals surface area contributed by atoms with E-state index >= 15 is 0 Å². The van der Waals surface area contributed by atoms with E-state index in [1.165, 1.54) is 89.4 Å². The Morgan fingerprint density at radius 1 is 0.500 bits per heavy atom. The molecule has 0 saturated heterocycles. The minimum Gasteiger partial charge on any atom is -0.376 e. The van der Waals surface area contributed by atoms with Crippen LogP contribution in [0.15, 0.2) is 158 Å².